The van der Waals surface area contributed by atoms with Gasteiger partial charge in [0.15, 0.2) is 0 Å². The highest BCUT2D eigenvalue weighted by atomic mass is 35.5. The van der Waals surface area contributed by atoms with Crippen LogP contribution in [0.4, 0.5) is 0 Å². The van der Waals surface area contributed by atoms with E-state index < -0.39 is 11.7 Å². The monoisotopic (exact) mass is 341 g/mol. The molecule has 0 spiro atoms. The van der Waals surface area contributed by atoms with E-state index in [1.165, 1.54) is 0 Å². The Morgan fingerprint density at radius 3 is 2.38 bits per heavy atom. The number of hydrogen-bond acceptors (Lipinski definition) is 4. The van der Waals surface area contributed by atoms with E-state index in [0.717, 1.165) is 5.56 Å². The first-order valence-corrected chi connectivity index (χ1v) is 8.12. The normalized spacial score (nSPS) is 18.7. The average Bonchev–Trinajstić information content (AvgIpc) is 3.31. The molecule has 0 amide bonds. The Kier molecular flexibility index (Phi) is 4.49. The van der Waals surface area contributed by atoms with Crippen LogP contribution in [-0.2, 0) is 9.53 Å². The largest absolute Gasteiger partial charge is 0.423 e. The number of rotatable bonds is 6. The van der Waals surface area contributed by atoms with E-state index in [0.29, 0.717) is 22.7 Å². The van der Waals surface area contributed by atoms with Crippen LogP contribution in [0.1, 0.15) is 35.7 Å². The molecule has 0 fully saturated rings. The summed E-state index contributed by atoms with van der Waals surface area (Å²) in [5, 5.41) is 0.531. The Balaban J connectivity index is 1.91. The van der Waals surface area contributed by atoms with Gasteiger partial charge in [0.05, 0.1) is 0 Å². The lowest BCUT2D eigenvalue weighted by Crippen LogP contribution is -2.36. The zero-order valence-corrected chi connectivity index (χ0v) is 13.9. The van der Waals surface area contributed by atoms with Gasteiger partial charge < -0.3 is 4.74 Å². The van der Waals surface area contributed by atoms with Crippen LogP contribution in [0.5, 0.6) is 0 Å². The number of carbonyl (C=O) groups excluding carboxylic acids is 2. The Morgan fingerprint density at radius 2 is 1.75 bits per heavy atom. The predicted octanol–water partition coefficient (Wildman–Crippen LogP) is 4.07. The highest BCUT2D eigenvalue weighted by Crippen LogP contribution is 2.38. The number of halogens is 1. The van der Waals surface area contributed by atoms with Crippen LogP contribution in [0, 0.1) is 0 Å². The molecule has 122 valence electrons. The van der Waals surface area contributed by atoms with Crippen LogP contribution in [0.25, 0.3) is 0 Å². The molecule has 1 atom stereocenters. The fourth-order valence-electron chi connectivity index (χ4n) is 2.48. The van der Waals surface area contributed by atoms with Crippen molar-refractivity contribution in [3.8, 4) is 0 Å². The summed E-state index contributed by atoms with van der Waals surface area (Å²) in [6.45, 7) is 1.88. The number of ether oxygens (including phenoxy) is 1. The number of carbonyl (C=O) groups is 2. The Morgan fingerprint density at radius 1 is 1.08 bits per heavy atom. The molecule has 5 heteroatoms. The molecule has 3 rings (SSSR count). The van der Waals surface area contributed by atoms with Gasteiger partial charge in [0, 0.05) is 22.6 Å². The minimum Gasteiger partial charge on any atom is -0.423 e. The fourth-order valence-corrected chi connectivity index (χ4v) is 2.60. The molecule has 1 aliphatic heterocycles. The molecule has 0 saturated carbocycles. The number of Topliss-reactive ketones (excluding diaryl/α,β-unsaturated/α-hetero) is 1. The summed E-state index contributed by atoms with van der Waals surface area (Å²) in [6, 6.07) is 15.7. The van der Waals surface area contributed by atoms with Gasteiger partial charge in [0.1, 0.15) is 5.71 Å². The lowest BCUT2D eigenvalue weighted by molar-refractivity contribution is -0.148. The highest BCUT2D eigenvalue weighted by molar-refractivity contribution is 6.33. The topological polar surface area (TPSA) is 55.7 Å². The zero-order chi connectivity index (χ0) is 17.2. The van der Waals surface area contributed by atoms with Crippen molar-refractivity contribution < 1.29 is 14.3 Å². The first-order chi connectivity index (χ1) is 11.6. The summed E-state index contributed by atoms with van der Waals surface area (Å²) >= 11 is 5.87. The molecule has 2 aromatic carbocycles. The SMILES string of the molecule is CCCC(=O)OC1(C(=O)c2ccc(Cl)cc2)N=C1c1ccccc1. The van der Waals surface area contributed by atoms with Crippen molar-refractivity contribution in [2.45, 2.75) is 25.5 Å². The van der Waals surface area contributed by atoms with Crippen LogP contribution in [0.2, 0.25) is 5.02 Å². The number of aliphatic imine (C=N–C) groups is 1. The summed E-state index contributed by atoms with van der Waals surface area (Å²) < 4.78 is 5.48. The number of ketones is 1. The summed E-state index contributed by atoms with van der Waals surface area (Å²) in [7, 11) is 0. The van der Waals surface area contributed by atoms with Gasteiger partial charge in [-0.25, -0.2) is 4.99 Å². The van der Waals surface area contributed by atoms with Crippen molar-refractivity contribution in [1.82, 2.24) is 0 Å². The van der Waals surface area contributed by atoms with Gasteiger partial charge in [-0.2, -0.15) is 0 Å². The molecule has 0 saturated heterocycles. The Bertz CT molecular complexity index is 799. The molecule has 1 aliphatic rings. The van der Waals surface area contributed by atoms with Gasteiger partial charge in [-0.3, -0.25) is 9.59 Å². The van der Waals surface area contributed by atoms with Crippen molar-refractivity contribution in [1.29, 1.82) is 0 Å². The molecule has 24 heavy (non-hydrogen) atoms. The summed E-state index contributed by atoms with van der Waals surface area (Å²) in [4.78, 5) is 29.2. The molecule has 2 aromatic rings. The van der Waals surface area contributed by atoms with Crippen molar-refractivity contribution in [3.63, 3.8) is 0 Å². The molecule has 0 aliphatic carbocycles. The molecular weight excluding hydrogens is 326 g/mol. The van der Waals surface area contributed by atoms with Crippen molar-refractivity contribution in [2.75, 3.05) is 0 Å². The summed E-state index contributed by atoms with van der Waals surface area (Å²) in [5.41, 5.74) is 0.108. The van der Waals surface area contributed by atoms with Crippen LogP contribution in [0.3, 0.4) is 0 Å². The second kappa shape index (κ2) is 6.57. The lowest BCUT2D eigenvalue weighted by Gasteiger charge is -2.15. The van der Waals surface area contributed by atoms with Crippen LogP contribution in [0.15, 0.2) is 59.6 Å². The summed E-state index contributed by atoms with van der Waals surface area (Å²) in [6.07, 6.45) is 0.887. The van der Waals surface area contributed by atoms with E-state index in [1.54, 1.807) is 24.3 Å². The zero-order valence-electron chi connectivity index (χ0n) is 13.2. The first kappa shape index (κ1) is 16.4. The van der Waals surface area contributed by atoms with E-state index in [-0.39, 0.29) is 12.2 Å². The summed E-state index contributed by atoms with van der Waals surface area (Å²) in [5.74, 6) is -0.794. The maximum absolute atomic E-state index is 12.9. The molecular formula is C19H16ClNO3. The number of benzene rings is 2. The van der Waals surface area contributed by atoms with Gasteiger partial charge in [0.25, 0.3) is 0 Å². The van der Waals surface area contributed by atoms with Crippen LogP contribution >= 0.6 is 11.6 Å². The third-order valence-corrected chi connectivity index (χ3v) is 3.97. The minimum atomic E-state index is -1.54. The van der Waals surface area contributed by atoms with E-state index in [9.17, 15) is 9.59 Å². The van der Waals surface area contributed by atoms with Gasteiger partial charge in [-0.15, -0.1) is 0 Å². The molecule has 0 radical (unpaired) electrons. The molecule has 1 heterocycles. The van der Waals surface area contributed by atoms with E-state index in [1.807, 2.05) is 37.3 Å². The van der Waals surface area contributed by atoms with E-state index in [4.69, 9.17) is 16.3 Å². The smallest absolute Gasteiger partial charge is 0.310 e. The van der Waals surface area contributed by atoms with Gasteiger partial charge in [0.2, 0.25) is 5.78 Å². The standard InChI is InChI=1S/C19H16ClNO3/c1-2-6-16(22)24-19(17(21-19)13-7-4-3-5-8-13)18(23)14-9-11-15(20)12-10-14/h3-5,7-12H,2,6H2,1H3. The fraction of sp³-hybridized carbons (Fsp3) is 0.211. The lowest BCUT2D eigenvalue weighted by atomic mass is 9.99. The van der Waals surface area contributed by atoms with Gasteiger partial charge >= 0.3 is 11.7 Å². The maximum atomic E-state index is 12.9. The average molecular weight is 342 g/mol. The minimum absolute atomic E-state index is 0.243. The van der Waals surface area contributed by atoms with Crippen molar-refractivity contribution in [3.05, 3.63) is 70.7 Å². The molecule has 0 bridgehead atoms. The number of nitrogens with zero attached hydrogens (tertiary/aromatic N) is 1. The Labute approximate surface area is 145 Å². The van der Waals surface area contributed by atoms with Crippen LogP contribution < -0.4 is 0 Å². The van der Waals surface area contributed by atoms with Gasteiger partial charge in [-0.05, 0) is 30.7 Å². The second-order valence-corrected chi connectivity index (χ2v) is 5.97. The highest BCUT2D eigenvalue weighted by Gasteiger charge is 2.58. The molecule has 0 N–H and O–H groups in total. The second-order valence-electron chi connectivity index (χ2n) is 5.53. The molecule has 1 unspecified atom stereocenters. The third-order valence-electron chi connectivity index (χ3n) is 3.72. The first-order valence-electron chi connectivity index (χ1n) is 7.75. The third kappa shape index (κ3) is 3.10. The van der Waals surface area contributed by atoms with Crippen LogP contribution in [-0.4, -0.2) is 23.2 Å². The van der Waals surface area contributed by atoms with Crippen molar-refractivity contribution in [2.24, 2.45) is 4.99 Å². The quantitative estimate of drug-likeness (QED) is 0.588. The maximum Gasteiger partial charge on any atom is 0.310 e. The van der Waals surface area contributed by atoms with Crippen molar-refractivity contribution >= 4 is 29.1 Å². The number of esters is 1. The van der Waals surface area contributed by atoms with Gasteiger partial charge in [-0.1, -0.05) is 48.9 Å². The Hall–Kier alpha value is -2.46. The van der Waals surface area contributed by atoms with E-state index in [2.05, 4.69) is 4.99 Å². The molecule has 4 nitrogen and oxygen atoms in total. The molecule has 0 aromatic heterocycles. The predicted molar refractivity (Wildman–Crippen MR) is 92.5 cm³/mol. The number of hydrogen-bond donors (Lipinski definition) is 0. The van der Waals surface area contributed by atoms with E-state index >= 15 is 0 Å².